The van der Waals surface area contributed by atoms with E-state index in [1.54, 1.807) is 50.2 Å². The van der Waals surface area contributed by atoms with Crippen molar-refractivity contribution in [3.63, 3.8) is 0 Å². The van der Waals surface area contributed by atoms with Crippen molar-refractivity contribution in [3.8, 4) is 5.75 Å². The Morgan fingerprint density at radius 2 is 1.69 bits per heavy atom. The standard InChI is InChI=1S/C25H28N4O5S/c1-4-29(5-2)35(32,33)21-9-10-23(34-3)22(16-21)25(31)27-17-18-7-6-8-20(15-18)28-24(30)19-11-13-26-14-12-19/h6-16H,4-5,17H2,1-3H3,(H,27,31)(H,28,30). The van der Waals surface area contributed by atoms with Gasteiger partial charge in [-0.05, 0) is 48.0 Å². The third-order valence-corrected chi connectivity index (χ3v) is 7.39. The van der Waals surface area contributed by atoms with Gasteiger partial charge in [-0.2, -0.15) is 4.31 Å². The van der Waals surface area contributed by atoms with Crippen molar-refractivity contribution >= 4 is 27.5 Å². The van der Waals surface area contributed by atoms with Crippen molar-refractivity contribution in [2.75, 3.05) is 25.5 Å². The lowest BCUT2D eigenvalue weighted by molar-refractivity contribution is 0.0946. The summed E-state index contributed by atoms with van der Waals surface area (Å²) in [5.74, 6) is -0.492. The van der Waals surface area contributed by atoms with E-state index in [0.29, 0.717) is 24.3 Å². The number of aromatic nitrogens is 1. The second-order valence-corrected chi connectivity index (χ2v) is 9.46. The summed E-state index contributed by atoms with van der Waals surface area (Å²) in [6.45, 7) is 4.31. The van der Waals surface area contributed by atoms with Crippen molar-refractivity contribution < 1.29 is 22.7 Å². The maximum atomic E-state index is 13.0. The van der Waals surface area contributed by atoms with E-state index in [1.807, 2.05) is 0 Å². The number of carbonyl (C=O) groups excluding carboxylic acids is 2. The van der Waals surface area contributed by atoms with Crippen LogP contribution in [0.5, 0.6) is 5.75 Å². The summed E-state index contributed by atoms with van der Waals surface area (Å²) in [6, 6.07) is 14.5. The van der Waals surface area contributed by atoms with Gasteiger partial charge in [-0.3, -0.25) is 14.6 Å². The summed E-state index contributed by atoms with van der Waals surface area (Å²) >= 11 is 0. The molecule has 3 rings (SSSR count). The molecule has 0 atom stereocenters. The number of amides is 2. The number of carbonyl (C=O) groups is 2. The number of sulfonamides is 1. The minimum absolute atomic E-state index is 0.0213. The molecule has 0 aliphatic heterocycles. The smallest absolute Gasteiger partial charge is 0.255 e. The predicted octanol–water partition coefficient (Wildman–Crippen LogP) is 3.30. The summed E-state index contributed by atoms with van der Waals surface area (Å²) in [4.78, 5) is 29.3. The topological polar surface area (TPSA) is 118 Å². The molecular formula is C25H28N4O5S. The predicted molar refractivity (Wildman–Crippen MR) is 133 cm³/mol. The van der Waals surface area contributed by atoms with Gasteiger partial charge in [0.2, 0.25) is 10.0 Å². The van der Waals surface area contributed by atoms with Crippen LogP contribution in [0.2, 0.25) is 0 Å². The maximum absolute atomic E-state index is 13.0. The zero-order chi connectivity index (χ0) is 25.4. The van der Waals surface area contributed by atoms with E-state index < -0.39 is 15.9 Å². The highest BCUT2D eigenvalue weighted by Gasteiger charge is 2.24. The van der Waals surface area contributed by atoms with Gasteiger partial charge >= 0.3 is 0 Å². The molecule has 2 N–H and O–H groups in total. The third kappa shape index (κ3) is 6.23. The van der Waals surface area contributed by atoms with E-state index in [-0.39, 0.29) is 28.7 Å². The summed E-state index contributed by atoms with van der Waals surface area (Å²) < 4.78 is 32.4. The number of methoxy groups -OCH3 is 1. The normalized spacial score (nSPS) is 11.2. The number of hydrogen-bond acceptors (Lipinski definition) is 6. The van der Waals surface area contributed by atoms with E-state index in [9.17, 15) is 18.0 Å². The van der Waals surface area contributed by atoms with Gasteiger partial charge in [0.05, 0.1) is 17.6 Å². The Morgan fingerprint density at radius 1 is 0.971 bits per heavy atom. The van der Waals surface area contributed by atoms with E-state index in [0.717, 1.165) is 5.56 Å². The summed E-state index contributed by atoms with van der Waals surface area (Å²) in [7, 11) is -2.32. The lowest BCUT2D eigenvalue weighted by Gasteiger charge is -2.19. The maximum Gasteiger partial charge on any atom is 0.255 e. The van der Waals surface area contributed by atoms with Crippen LogP contribution < -0.4 is 15.4 Å². The molecule has 10 heteroatoms. The van der Waals surface area contributed by atoms with Crippen LogP contribution in [0.3, 0.4) is 0 Å². The van der Waals surface area contributed by atoms with Gasteiger partial charge in [0.15, 0.2) is 0 Å². The molecule has 0 saturated heterocycles. The van der Waals surface area contributed by atoms with Crippen LogP contribution in [-0.2, 0) is 16.6 Å². The fourth-order valence-electron chi connectivity index (χ4n) is 3.48. The summed E-state index contributed by atoms with van der Waals surface area (Å²) in [5.41, 5.74) is 1.91. The molecule has 1 aromatic heterocycles. The third-order valence-electron chi connectivity index (χ3n) is 5.34. The average Bonchev–Trinajstić information content (AvgIpc) is 2.88. The van der Waals surface area contributed by atoms with Gasteiger partial charge in [0, 0.05) is 43.3 Å². The highest BCUT2D eigenvalue weighted by atomic mass is 32.2. The highest BCUT2D eigenvalue weighted by Crippen LogP contribution is 2.25. The van der Waals surface area contributed by atoms with Gasteiger partial charge in [-0.15, -0.1) is 0 Å². The van der Waals surface area contributed by atoms with Gasteiger partial charge in [0.1, 0.15) is 5.75 Å². The second-order valence-electron chi connectivity index (χ2n) is 7.52. The molecule has 184 valence electrons. The van der Waals surface area contributed by atoms with Crippen LogP contribution in [0, 0.1) is 0 Å². The molecule has 0 spiro atoms. The SMILES string of the molecule is CCN(CC)S(=O)(=O)c1ccc(OC)c(C(=O)NCc2cccc(NC(=O)c3ccncc3)c2)c1. The largest absolute Gasteiger partial charge is 0.496 e. The van der Waals surface area contributed by atoms with Crippen LogP contribution in [-0.4, -0.2) is 49.7 Å². The Kier molecular flexibility index (Phi) is 8.56. The molecule has 0 unspecified atom stereocenters. The lowest BCUT2D eigenvalue weighted by Crippen LogP contribution is -2.31. The summed E-state index contributed by atoms with van der Waals surface area (Å²) in [5, 5.41) is 5.60. The number of hydrogen-bond donors (Lipinski definition) is 2. The quantitative estimate of drug-likeness (QED) is 0.445. The fourth-order valence-corrected chi connectivity index (χ4v) is 4.97. The van der Waals surface area contributed by atoms with Crippen molar-refractivity contribution in [2.24, 2.45) is 0 Å². The van der Waals surface area contributed by atoms with Crippen LogP contribution in [0.15, 0.2) is 71.9 Å². The molecule has 0 fully saturated rings. The molecular weight excluding hydrogens is 468 g/mol. The summed E-state index contributed by atoms with van der Waals surface area (Å²) in [6.07, 6.45) is 3.08. The van der Waals surface area contributed by atoms with E-state index >= 15 is 0 Å². The molecule has 0 saturated carbocycles. The van der Waals surface area contributed by atoms with Crippen LogP contribution >= 0.6 is 0 Å². The number of anilines is 1. The number of ether oxygens (including phenoxy) is 1. The van der Waals surface area contributed by atoms with Crippen molar-refractivity contribution in [1.82, 2.24) is 14.6 Å². The Balaban J connectivity index is 1.75. The first-order valence-corrected chi connectivity index (χ1v) is 12.5. The van der Waals surface area contributed by atoms with Crippen LogP contribution in [0.4, 0.5) is 5.69 Å². The fraction of sp³-hybridized carbons (Fsp3) is 0.240. The molecule has 2 aromatic carbocycles. The van der Waals surface area contributed by atoms with Gasteiger partial charge < -0.3 is 15.4 Å². The van der Waals surface area contributed by atoms with E-state index in [4.69, 9.17) is 4.74 Å². The highest BCUT2D eigenvalue weighted by molar-refractivity contribution is 7.89. The molecule has 0 aliphatic rings. The number of pyridine rings is 1. The first-order valence-electron chi connectivity index (χ1n) is 11.1. The second kappa shape index (κ2) is 11.6. The van der Waals surface area contributed by atoms with Crippen molar-refractivity contribution in [1.29, 1.82) is 0 Å². The number of benzene rings is 2. The monoisotopic (exact) mass is 496 g/mol. The van der Waals surface area contributed by atoms with Gasteiger partial charge in [-0.1, -0.05) is 26.0 Å². The van der Waals surface area contributed by atoms with Crippen LogP contribution in [0.1, 0.15) is 40.1 Å². The average molecular weight is 497 g/mol. The van der Waals surface area contributed by atoms with E-state index in [2.05, 4.69) is 15.6 Å². The molecule has 0 radical (unpaired) electrons. The van der Waals surface area contributed by atoms with Gasteiger partial charge in [-0.25, -0.2) is 8.42 Å². The van der Waals surface area contributed by atoms with Crippen molar-refractivity contribution in [2.45, 2.75) is 25.3 Å². The minimum atomic E-state index is -3.74. The first kappa shape index (κ1) is 25.9. The lowest BCUT2D eigenvalue weighted by atomic mass is 10.1. The molecule has 9 nitrogen and oxygen atoms in total. The van der Waals surface area contributed by atoms with Crippen LogP contribution in [0.25, 0.3) is 0 Å². The molecule has 1 heterocycles. The molecule has 35 heavy (non-hydrogen) atoms. The minimum Gasteiger partial charge on any atom is -0.496 e. The molecule has 3 aromatic rings. The number of nitrogens with zero attached hydrogens (tertiary/aromatic N) is 2. The molecule has 2 amide bonds. The Bertz CT molecular complexity index is 1290. The Morgan fingerprint density at radius 3 is 2.34 bits per heavy atom. The first-order chi connectivity index (χ1) is 16.8. The Labute approximate surface area is 205 Å². The molecule has 0 aliphatic carbocycles. The number of rotatable bonds is 10. The Hall–Kier alpha value is -3.76. The van der Waals surface area contributed by atoms with Crippen molar-refractivity contribution in [3.05, 3.63) is 83.7 Å². The number of nitrogens with one attached hydrogen (secondary N) is 2. The zero-order valence-electron chi connectivity index (χ0n) is 19.8. The molecule has 0 bridgehead atoms. The van der Waals surface area contributed by atoms with Gasteiger partial charge in [0.25, 0.3) is 11.8 Å². The van der Waals surface area contributed by atoms with E-state index in [1.165, 1.54) is 42.0 Å². The zero-order valence-corrected chi connectivity index (χ0v) is 20.6.